The lowest BCUT2D eigenvalue weighted by Gasteiger charge is -2.03. The van der Waals surface area contributed by atoms with Gasteiger partial charge >= 0.3 is 0 Å². The molecule has 0 aliphatic heterocycles. The second-order valence-electron chi connectivity index (χ2n) is 8.77. The fourth-order valence-electron chi connectivity index (χ4n) is 3.91. The molecule has 0 N–H and O–H groups in total. The zero-order chi connectivity index (χ0) is 19.7. The largest absolute Gasteiger partial charge is 0.0885 e. The summed E-state index contributed by atoms with van der Waals surface area (Å²) >= 11 is 0. The second-order valence-corrected chi connectivity index (χ2v) is 8.77. The highest BCUT2D eigenvalue weighted by atomic mass is 14.0. The predicted octanol–water partition coefficient (Wildman–Crippen LogP) is 10.6. The second kappa shape index (κ2) is 25.7. The molecule has 0 aliphatic carbocycles. The highest BCUT2D eigenvalue weighted by Crippen LogP contribution is 2.14. The van der Waals surface area contributed by atoms with Crippen molar-refractivity contribution in [3.63, 3.8) is 0 Å². The van der Waals surface area contributed by atoms with Crippen molar-refractivity contribution in [1.29, 1.82) is 0 Å². The van der Waals surface area contributed by atoms with Crippen molar-refractivity contribution in [2.45, 2.75) is 162 Å². The van der Waals surface area contributed by atoms with Crippen LogP contribution in [0.3, 0.4) is 0 Å². The van der Waals surface area contributed by atoms with E-state index >= 15 is 0 Å². The quantitative estimate of drug-likeness (QED) is 0.122. The smallest absolute Gasteiger partial charge is 0.0351 e. The Kier molecular flexibility index (Phi) is 25.5. The number of unbranched alkanes of at least 4 members (excludes halogenated alkanes) is 21. The van der Waals surface area contributed by atoms with E-state index in [1.165, 1.54) is 148 Å². The molecule has 0 aromatic carbocycles. The Morgan fingerprint density at radius 2 is 0.519 bits per heavy atom. The number of rotatable bonds is 23. The van der Waals surface area contributed by atoms with Gasteiger partial charge in [0.2, 0.25) is 0 Å². The van der Waals surface area contributed by atoms with Crippen molar-refractivity contribution >= 4 is 0 Å². The van der Waals surface area contributed by atoms with Crippen molar-refractivity contribution in [3.8, 4) is 0 Å². The van der Waals surface area contributed by atoms with E-state index in [2.05, 4.69) is 26.0 Å². The minimum absolute atomic E-state index is 1.31. The monoisotopic (exact) mass is 378 g/mol. The van der Waals surface area contributed by atoms with Crippen molar-refractivity contribution in [3.05, 3.63) is 12.2 Å². The van der Waals surface area contributed by atoms with Gasteiger partial charge in [-0.15, -0.1) is 0 Å². The fraction of sp³-hybridized carbons (Fsp3) is 0.926. The van der Waals surface area contributed by atoms with Crippen LogP contribution in [0.25, 0.3) is 0 Å². The van der Waals surface area contributed by atoms with Crippen LogP contribution >= 0.6 is 0 Å². The van der Waals surface area contributed by atoms with Crippen molar-refractivity contribution in [2.24, 2.45) is 0 Å². The number of allylic oxidation sites excluding steroid dienone is 2. The SMILES string of the molecule is CCCCCCCCCC=CCCCCCCCCCCCCCCCC. The summed E-state index contributed by atoms with van der Waals surface area (Å²) in [5, 5.41) is 0. The van der Waals surface area contributed by atoms with Gasteiger partial charge in [0, 0.05) is 0 Å². The van der Waals surface area contributed by atoms with E-state index in [0.717, 1.165) is 0 Å². The van der Waals surface area contributed by atoms with E-state index in [1.807, 2.05) is 0 Å². The summed E-state index contributed by atoms with van der Waals surface area (Å²) in [7, 11) is 0. The van der Waals surface area contributed by atoms with E-state index in [4.69, 9.17) is 0 Å². The molecule has 0 rings (SSSR count). The third-order valence-electron chi connectivity index (χ3n) is 5.87. The molecule has 0 heterocycles. The van der Waals surface area contributed by atoms with Crippen molar-refractivity contribution in [2.75, 3.05) is 0 Å². The van der Waals surface area contributed by atoms with Gasteiger partial charge in [0.25, 0.3) is 0 Å². The van der Waals surface area contributed by atoms with E-state index in [0.29, 0.717) is 0 Å². The maximum absolute atomic E-state index is 2.44. The summed E-state index contributed by atoms with van der Waals surface area (Å²) in [4.78, 5) is 0. The first-order valence-corrected chi connectivity index (χ1v) is 13.1. The Morgan fingerprint density at radius 1 is 0.296 bits per heavy atom. The van der Waals surface area contributed by atoms with Crippen LogP contribution in [-0.2, 0) is 0 Å². The van der Waals surface area contributed by atoms with Gasteiger partial charge in [0.05, 0.1) is 0 Å². The van der Waals surface area contributed by atoms with Crippen LogP contribution in [0.2, 0.25) is 0 Å². The first kappa shape index (κ1) is 26.7. The zero-order valence-electron chi connectivity index (χ0n) is 19.4. The van der Waals surface area contributed by atoms with Gasteiger partial charge in [-0.2, -0.15) is 0 Å². The molecule has 0 spiro atoms. The summed E-state index contributed by atoms with van der Waals surface area (Å²) in [6, 6.07) is 0. The van der Waals surface area contributed by atoms with Gasteiger partial charge in [0.15, 0.2) is 0 Å². The number of hydrogen-bond donors (Lipinski definition) is 0. The molecule has 0 nitrogen and oxygen atoms in total. The summed E-state index contributed by atoms with van der Waals surface area (Å²) in [5.41, 5.74) is 0. The minimum atomic E-state index is 1.31. The molecule has 0 fully saturated rings. The maximum Gasteiger partial charge on any atom is -0.0351 e. The summed E-state index contributed by atoms with van der Waals surface area (Å²) in [5.74, 6) is 0. The highest BCUT2D eigenvalue weighted by molar-refractivity contribution is 4.81. The van der Waals surface area contributed by atoms with Crippen LogP contribution in [0, 0.1) is 0 Å². The Hall–Kier alpha value is -0.260. The Labute approximate surface area is 174 Å². The Balaban J connectivity index is 3.04. The van der Waals surface area contributed by atoms with Gasteiger partial charge in [-0.05, 0) is 25.7 Å². The van der Waals surface area contributed by atoms with Crippen LogP contribution in [0.15, 0.2) is 12.2 Å². The molecular weight excluding hydrogens is 324 g/mol. The Bertz CT molecular complexity index is 265. The molecule has 0 bridgehead atoms. The molecule has 27 heavy (non-hydrogen) atoms. The molecule has 0 saturated heterocycles. The Morgan fingerprint density at radius 3 is 0.778 bits per heavy atom. The average molecular weight is 379 g/mol. The molecule has 0 aromatic rings. The zero-order valence-corrected chi connectivity index (χ0v) is 19.4. The van der Waals surface area contributed by atoms with E-state index < -0.39 is 0 Å². The van der Waals surface area contributed by atoms with Crippen molar-refractivity contribution < 1.29 is 0 Å². The highest BCUT2D eigenvalue weighted by Gasteiger charge is 1.94. The first-order chi connectivity index (χ1) is 13.4. The lowest BCUT2D eigenvalue weighted by atomic mass is 10.0. The molecule has 0 unspecified atom stereocenters. The summed E-state index contributed by atoms with van der Waals surface area (Å²) in [6.07, 6.45) is 37.9. The van der Waals surface area contributed by atoms with Crippen molar-refractivity contribution in [1.82, 2.24) is 0 Å². The van der Waals surface area contributed by atoms with Crippen LogP contribution < -0.4 is 0 Å². The molecule has 0 heteroatoms. The fourth-order valence-corrected chi connectivity index (χ4v) is 3.91. The van der Waals surface area contributed by atoms with Crippen LogP contribution in [-0.4, -0.2) is 0 Å². The third-order valence-corrected chi connectivity index (χ3v) is 5.87. The van der Waals surface area contributed by atoms with Gasteiger partial charge in [-0.3, -0.25) is 0 Å². The molecule has 0 atom stereocenters. The van der Waals surface area contributed by atoms with Crippen LogP contribution in [0.1, 0.15) is 162 Å². The van der Waals surface area contributed by atoms with Gasteiger partial charge < -0.3 is 0 Å². The van der Waals surface area contributed by atoms with Crippen LogP contribution in [0.4, 0.5) is 0 Å². The van der Waals surface area contributed by atoms with E-state index in [1.54, 1.807) is 0 Å². The standard InChI is InChI=1S/C27H54/c1-3-5-7-9-11-13-15-17-19-21-23-25-27-26-24-22-20-18-16-14-12-10-8-6-4-2/h19,21H,3-18,20,22-27H2,1-2H3. The maximum atomic E-state index is 2.44. The summed E-state index contributed by atoms with van der Waals surface area (Å²) < 4.78 is 0. The molecule has 0 aliphatic rings. The molecule has 0 aromatic heterocycles. The predicted molar refractivity (Wildman–Crippen MR) is 127 cm³/mol. The van der Waals surface area contributed by atoms with Crippen LogP contribution in [0.5, 0.6) is 0 Å². The normalized spacial score (nSPS) is 11.6. The minimum Gasteiger partial charge on any atom is -0.0885 e. The van der Waals surface area contributed by atoms with E-state index in [9.17, 15) is 0 Å². The molecule has 0 saturated carbocycles. The average Bonchev–Trinajstić information content (AvgIpc) is 2.68. The topological polar surface area (TPSA) is 0 Å². The third kappa shape index (κ3) is 25.7. The van der Waals surface area contributed by atoms with Gasteiger partial charge in [0.1, 0.15) is 0 Å². The first-order valence-electron chi connectivity index (χ1n) is 13.1. The van der Waals surface area contributed by atoms with E-state index in [-0.39, 0.29) is 0 Å². The summed E-state index contributed by atoms with van der Waals surface area (Å²) in [6.45, 7) is 4.59. The molecule has 162 valence electrons. The number of hydrogen-bond acceptors (Lipinski definition) is 0. The molecule has 0 amide bonds. The molecule has 0 radical (unpaired) electrons. The van der Waals surface area contributed by atoms with Gasteiger partial charge in [-0.25, -0.2) is 0 Å². The lowest BCUT2D eigenvalue weighted by Crippen LogP contribution is -1.83. The molecular formula is C27H54. The lowest BCUT2D eigenvalue weighted by molar-refractivity contribution is 0.536. The van der Waals surface area contributed by atoms with Gasteiger partial charge in [-0.1, -0.05) is 148 Å².